The molecule has 2 aliphatic rings. The van der Waals surface area contributed by atoms with Gasteiger partial charge in [0.1, 0.15) is 0 Å². The van der Waals surface area contributed by atoms with Crippen LogP contribution >= 0.6 is 11.8 Å². The second-order valence-corrected chi connectivity index (χ2v) is 12.3. The second kappa shape index (κ2) is 8.09. The quantitative estimate of drug-likeness (QED) is 0.477. The Morgan fingerprint density at radius 2 is 2.10 bits per heavy atom. The highest BCUT2D eigenvalue weighted by Gasteiger charge is 2.39. The second-order valence-electron chi connectivity index (χ2n) is 8.83. The highest BCUT2D eigenvalue weighted by atomic mass is 32.2. The van der Waals surface area contributed by atoms with Crippen molar-refractivity contribution in [2.24, 2.45) is 5.92 Å². The number of nitrogens with zero attached hydrogens (tertiary/aromatic N) is 3. The Balaban J connectivity index is 1.42. The Kier molecular flexibility index (Phi) is 5.76. The minimum absolute atomic E-state index is 0.0191. The molecule has 2 aliphatic heterocycles. The summed E-state index contributed by atoms with van der Waals surface area (Å²) >= 11 is 1.23. The van der Waals surface area contributed by atoms with Crippen molar-refractivity contribution in [1.82, 2.24) is 10.2 Å². The number of carbonyl (C=O) groups excluding carboxylic acids is 1. The smallest absolute Gasteiger partial charge is 0.277 e. The SMILES string of the molecule is CC(Sc1nnc(CC2CCS(=O)(=O)C2)o1)C(=O)/C=C1/N(C)c2ccccc2C1(C)C. The number of rotatable bonds is 6. The molecular formula is C22H27N3O4S2. The molecule has 1 aromatic heterocycles. The third kappa shape index (κ3) is 4.43. The van der Waals surface area contributed by atoms with Gasteiger partial charge >= 0.3 is 0 Å². The Labute approximate surface area is 187 Å². The molecule has 2 atom stereocenters. The van der Waals surface area contributed by atoms with Gasteiger partial charge in [-0.25, -0.2) is 8.42 Å². The van der Waals surface area contributed by atoms with Crippen molar-refractivity contribution in [3.05, 3.63) is 47.5 Å². The molecule has 0 spiro atoms. The van der Waals surface area contributed by atoms with Crippen LogP contribution in [-0.2, 0) is 26.5 Å². The maximum atomic E-state index is 13.0. The molecule has 1 aromatic carbocycles. The van der Waals surface area contributed by atoms with Crippen molar-refractivity contribution >= 4 is 33.1 Å². The van der Waals surface area contributed by atoms with Crippen molar-refractivity contribution in [2.45, 2.75) is 49.5 Å². The monoisotopic (exact) mass is 461 g/mol. The van der Waals surface area contributed by atoms with E-state index >= 15 is 0 Å². The van der Waals surface area contributed by atoms with Crippen molar-refractivity contribution in [2.75, 3.05) is 23.5 Å². The summed E-state index contributed by atoms with van der Waals surface area (Å²) in [5.74, 6) is 0.826. The topological polar surface area (TPSA) is 93.4 Å². The van der Waals surface area contributed by atoms with Gasteiger partial charge in [0.15, 0.2) is 15.6 Å². The lowest BCUT2D eigenvalue weighted by Crippen LogP contribution is -2.25. The number of benzene rings is 1. The van der Waals surface area contributed by atoms with Gasteiger partial charge in [-0.05, 0) is 30.9 Å². The molecule has 1 fully saturated rings. The molecule has 2 unspecified atom stereocenters. The summed E-state index contributed by atoms with van der Waals surface area (Å²) in [4.78, 5) is 15.0. The highest BCUT2D eigenvalue weighted by Crippen LogP contribution is 2.46. The molecule has 7 nitrogen and oxygen atoms in total. The van der Waals surface area contributed by atoms with E-state index in [9.17, 15) is 13.2 Å². The lowest BCUT2D eigenvalue weighted by molar-refractivity contribution is -0.114. The van der Waals surface area contributed by atoms with Gasteiger partial charge in [-0.3, -0.25) is 4.79 Å². The third-order valence-corrected chi connectivity index (χ3v) is 8.93. The summed E-state index contributed by atoms with van der Waals surface area (Å²) in [7, 11) is -0.950. The van der Waals surface area contributed by atoms with Gasteiger partial charge in [-0.15, -0.1) is 10.2 Å². The van der Waals surface area contributed by atoms with Crippen LogP contribution in [0.2, 0.25) is 0 Å². The van der Waals surface area contributed by atoms with Crippen molar-refractivity contribution in [1.29, 1.82) is 0 Å². The molecule has 2 aromatic rings. The number of likely N-dealkylation sites (N-methyl/N-ethyl adjacent to an activating group) is 1. The maximum absolute atomic E-state index is 13.0. The average Bonchev–Trinajstić information content (AvgIpc) is 3.34. The van der Waals surface area contributed by atoms with E-state index < -0.39 is 9.84 Å². The van der Waals surface area contributed by atoms with Crippen LogP contribution in [0.4, 0.5) is 5.69 Å². The Morgan fingerprint density at radius 1 is 1.35 bits per heavy atom. The zero-order valence-electron chi connectivity index (χ0n) is 18.2. The molecule has 9 heteroatoms. The normalized spacial score (nSPS) is 23.8. The van der Waals surface area contributed by atoms with E-state index in [0.29, 0.717) is 24.0 Å². The van der Waals surface area contributed by atoms with E-state index in [1.54, 1.807) is 6.08 Å². The van der Waals surface area contributed by atoms with E-state index in [1.165, 1.54) is 17.3 Å². The van der Waals surface area contributed by atoms with Crippen molar-refractivity contribution in [3.8, 4) is 0 Å². The van der Waals surface area contributed by atoms with E-state index in [-0.39, 0.29) is 33.9 Å². The van der Waals surface area contributed by atoms with E-state index in [0.717, 1.165) is 11.4 Å². The predicted octanol–water partition coefficient (Wildman–Crippen LogP) is 3.41. The van der Waals surface area contributed by atoms with Gasteiger partial charge < -0.3 is 9.32 Å². The maximum Gasteiger partial charge on any atom is 0.277 e. The van der Waals surface area contributed by atoms with Gasteiger partial charge in [-0.1, -0.05) is 43.8 Å². The number of thioether (sulfide) groups is 1. The molecule has 0 bridgehead atoms. The molecule has 3 heterocycles. The predicted molar refractivity (Wildman–Crippen MR) is 121 cm³/mol. The molecule has 0 radical (unpaired) electrons. The number of aromatic nitrogens is 2. The molecule has 0 amide bonds. The number of sulfone groups is 1. The van der Waals surface area contributed by atoms with Crippen LogP contribution in [0.1, 0.15) is 38.6 Å². The van der Waals surface area contributed by atoms with Gasteiger partial charge in [-0.2, -0.15) is 0 Å². The number of hydrogen-bond donors (Lipinski definition) is 0. The minimum Gasteiger partial charge on any atom is -0.416 e. The first kappa shape index (κ1) is 22.1. The van der Waals surface area contributed by atoms with Crippen molar-refractivity contribution < 1.29 is 17.6 Å². The zero-order valence-corrected chi connectivity index (χ0v) is 19.8. The fraction of sp³-hybridized carbons (Fsp3) is 0.500. The molecule has 166 valence electrons. The van der Waals surface area contributed by atoms with Crippen molar-refractivity contribution in [3.63, 3.8) is 0 Å². The number of para-hydroxylation sites is 1. The third-order valence-electron chi connectivity index (χ3n) is 6.14. The Bertz CT molecular complexity index is 1140. The lowest BCUT2D eigenvalue weighted by atomic mass is 9.83. The van der Waals surface area contributed by atoms with Gasteiger partial charge in [0.2, 0.25) is 5.89 Å². The number of allylic oxidation sites excluding steroid dienone is 2. The fourth-order valence-corrected chi connectivity index (χ4v) is 6.95. The van der Waals surface area contributed by atoms with E-state index in [1.807, 2.05) is 26.1 Å². The molecule has 31 heavy (non-hydrogen) atoms. The lowest BCUT2D eigenvalue weighted by Gasteiger charge is -2.24. The first-order chi connectivity index (χ1) is 14.6. The standard InChI is InChI=1S/C22H27N3O4S2/c1-14(30-21-24-23-20(29-21)11-15-9-10-31(27,28)13-15)18(26)12-19-22(2,3)16-7-5-6-8-17(16)25(19)4/h5-8,12,14-15H,9-11,13H2,1-4H3/b19-12+. The van der Waals surface area contributed by atoms with Crippen LogP contribution in [-0.4, -0.2) is 48.2 Å². The van der Waals surface area contributed by atoms with Crippen LogP contribution in [0.25, 0.3) is 0 Å². The average molecular weight is 462 g/mol. The summed E-state index contributed by atoms with van der Waals surface area (Å²) in [5, 5.41) is 8.02. The van der Waals surface area contributed by atoms with Crippen LogP contribution < -0.4 is 4.90 Å². The number of carbonyl (C=O) groups is 1. The van der Waals surface area contributed by atoms with Crippen LogP contribution in [0.3, 0.4) is 0 Å². The first-order valence-electron chi connectivity index (χ1n) is 10.4. The highest BCUT2D eigenvalue weighted by molar-refractivity contribution is 8.00. The molecule has 1 saturated heterocycles. The number of ketones is 1. The molecule has 4 rings (SSSR count). The summed E-state index contributed by atoms with van der Waals surface area (Å²) in [5.41, 5.74) is 3.01. The molecule has 0 aliphatic carbocycles. The molecular weight excluding hydrogens is 434 g/mol. The minimum atomic E-state index is -2.93. The first-order valence-corrected chi connectivity index (χ1v) is 13.1. The fourth-order valence-electron chi connectivity index (χ4n) is 4.37. The number of anilines is 1. The van der Waals surface area contributed by atoms with E-state index in [2.05, 4.69) is 41.1 Å². The van der Waals surface area contributed by atoms with Gasteiger partial charge in [0, 0.05) is 36.3 Å². The number of hydrogen-bond acceptors (Lipinski definition) is 8. The van der Waals surface area contributed by atoms with Gasteiger partial charge in [0.05, 0.1) is 16.8 Å². The summed E-state index contributed by atoms with van der Waals surface area (Å²) in [6, 6.07) is 8.19. The van der Waals surface area contributed by atoms with Gasteiger partial charge in [0.25, 0.3) is 5.22 Å². The van der Waals surface area contributed by atoms with Crippen LogP contribution in [0.15, 0.2) is 45.7 Å². The Hall–Kier alpha value is -2.13. The van der Waals surface area contributed by atoms with E-state index in [4.69, 9.17) is 4.42 Å². The molecule has 0 N–H and O–H groups in total. The summed E-state index contributed by atoms with van der Waals surface area (Å²) in [6.07, 6.45) is 2.80. The zero-order chi connectivity index (χ0) is 22.4. The summed E-state index contributed by atoms with van der Waals surface area (Å²) < 4.78 is 28.9. The van der Waals surface area contributed by atoms with Crippen LogP contribution in [0, 0.1) is 5.92 Å². The Morgan fingerprint density at radius 3 is 2.77 bits per heavy atom. The largest absolute Gasteiger partial charge is 0.416 e. The molecule has 0 saturated carbocycles. The van der Waals surface area contributed by atoms with Crippen LogP contribution in [0.5, 0.6) is 0 Å². The number of fused-ring (bicyclic) bond motifs is 1. The summed E-state index contributed by atoms with van der Waals surface area (Å²) in [6.45, 7) is 6.08.